The van der Waals surface area contributed by atoms with Crippen LogP contribution in [0, 0.1) is 0 Å². The number of nitrogens with zero attached hydrogens (tertiary/aromatic N) is 3. The maximum Gasteiger partial charge on any atom is 0.158 e. The fraction of sp³-hybridized carbons (Fsp3) is 1.00. The van der Waals surface area contributed by atoms with Gasteiger partial charge in [0, 0.05) is 17.4 Å². The van der Waals surface area contributed by atoms with Crippen LogP contribution in [0.15, 0.2) is 5.11 Å². The van der Waals surface area contributed by atoms with E-state index in [-0.39, 0.29) is 12.3 Å². The fourth-order valence-corrected chi connectivity index (χ4v) is 0.957. The molecule has 0 spiro atoms. The molecule has 0 amide bonds. The van der Waals surface area contributed by atoms with E-state index >= 15 is 0 Å². The average molecular weight is 157 g/mol. The summed E-state index contributed by atoms with van der Waals surface area (Å²) in [5.74, 6) is 0. The lowest BCUT2D eigenvalue weighted by Crippen LogP contribution is -2.13. The van der Waals surface area contributed by atoms with Crippen LogP contribution >= 0.6 is 0 Å². The minimum absolute atomic E-state index is 0.0527. The molecule has 1 saturated heterocycles. The molecule has 5 heteroatoms. The molecule has 0 aromatic carbocycles. The largest absolute Gasteiger partial charge is 0.350 e. The SMILES string of the molecule is C[C@H](CC1OCCO1)N=[N+]=[N-]. The van der Waals surface area contributed by atoms with Crippen LogP contribution in [0.4, 0.5) is 0 Å². The average Bonchev–Trinajstić information content (AvgIpc) is 2.40. The molecule has 0 aromatic heterocycles. The number of ether oxygens (including phenoxy) is 2. The Hall–Kier alpha value is -0.770. The van der Waals surface area contributed by atoms with Crippen molar-refractivity contribution in [3.8, 4) is 0 Å². The highest BCUT2D eigenvalue weighted by atomic mass is 16.7. The van der Waals surface area contributed by atoms with Gasteiger partial charge in [-0.3, -0.25) is 0 Å². The highest BCUT2D eigenvalue weighted by Crippen LogP contribution is 2.11. The number of azide groups is 1. The summed E-state index contributed by atoms with van der Waals surface area (Å²) < 4.78 is 10.3. The molecule has 1 fully saturated rings. The van der Waals surface area contributed by atoms with Gasteiger partial charge in [-0.05, 0) is 5.53 Å². The van der Waals surface area contributed by atoms with Crippen molar-refractivity contribution in [1.29, 1.82) is 0 Å². The van der Waals surface area contributed by atoms with Crippen LogP contribution in [-0.2, 0) is 9.47 Å². The monoisotopic (exact) mass is 157 g/mol. The number of hydrogen-bond acceptors (Lipinski definition) is 3. The third-order valence-corrected chi connectivity index (χ3v) is 1.47. The van der Waals surface area contributed by atoms with Crippen molar-refractivity contribution in [1.82, 2.24) is 0 Å². The first-order valence-corrected chi connectivity index (χ1v) is 3.60. The summed E-state index contributed by atoms with van der Waals surface area (Å²) in [6.07, 6.45) is 0.472. The molecular formula is C6H11N3O2. The van der Waals surface area contributed by atoms with E-state index in [1.165, 1.54) is 0 Å². The lowest BCUT2D eigenvalue weighted by Gasteiger charge is -2.10. The molecule has 5 nitrogen and oxygen atoms in total. The predicted octanol–water partition coefficient (Wildman–Crippen LogP) is 1.45. The van der Waals surface area contributed by atoms with Crippen LogP contribution in [0.1, 0.15) is 13.3 Å². The van der Waals surface area contributed by atoms with Crippen molar-refractivity contribution in [2.45, 2.75) is 25.7 Å². The Bertz CT molecular complexity index is 161. The molecule has 1 aliphatic heterocycles. The molecule has 62 valence electrons. The zero-order chi connectivity index (χ0) is 8.10. The quantitative estimate of drug-likeness (QED) is 0.353. The van der Waals surface area contributed by atoms with Gasteiger partial charge in [-0.25, -0.2) is 0 Å². The van der Waals surface area contributed by atoms with Crippen LogP contribution in [0.3, 0.4) is 0 Å². The molecule has 0 aromatic rings. The standard InChI is InChI=1S/C6H11N3O2/c1-5(8-9-7)4-6-10-2-3-11-6/h5-6H,2-4H2,1H3/t5-/m1/s1. The van der Waals surface area contributed by atoms with Gasteiger partial charge in [0.1, 0.15) is 0 Å². The minimum Gasteiger partial charge on any atom is -0.350 e. The summed E-state index contributed by atoms with van der Waals surface area (Å²) in [6, 6.07) is -0.0527. The molecule has 0 bridgehead atoms. The van der Waals surface area contributed by atoms with Crippen LogP contribution in [-0.4, -0.2) is 25.5 Å². The van der Waals surface area contributed by atoms with Gasteiger partial charge in [-0.1, -0.05) is 12.0 Å². The van der Waals surface area contributed by atoms with Gasteiger partial charge in [0.15, 0.2) is 6.29 Å². The summed E-state index contributed by atoms with van der Waals surface area (Å²) in [7, 11) is 0. The van der Waals surface area contributed by atoms with Gasteiger partial charge in [-0.2, -0.15) is 0 Å². The zero-order valence-corrected chi connectivity index (χ0v) is 6.43. The molecule has 0 N–H and O–H groups in total. The van der Waals surface area contributed by atoms with E-state index in [1.807, 2.05) is 6.92 Å². The van der Waals surface area contributed by atoms with Gasteiger partial charge in [0.05, 0.1) is 13.2 Å². The maximum absolute atomic E-state index is 8.09. The minimum atomic E-state index is -0.171. The molecule has 0 radical (unpaired) electrons. The Morgan fingerprint density at radius 2 is 2.27 bits per heavy atom. The smallest absolute Gasteiger partial charge is 0.158 e. The highest BCUT2D eigenvalue weighted by Gasteiger charge is 2.17. The highest BCUT2D eigenvalue weighted by molar-refractivity contribution is 4.64. The first-order valence-electron chi connectivity index (χ1n) is 3.60. The summed E-state index contributed by atoms with van der Waals surface area (Å²) in [5.41, 5.74) is 8.09. The molecule has 1 heterocycles. The summed E-state index contributed by atoms with van der Waals surface area (Å²) in [6.45, 7) is 3.13. The molecule has 0 unspecified atom stereocenters. The van der Waals surface area contributed by atoms with E-state index < -0.39 is 0 Å². The molecule has 11 heavy (non-hydrogen) atoms. The molecular weight excluding hydrogens is 146 g/mol. The fourth-order valence-electron chi connectivity index (χ4n) is 0.957. The third kappa shape index (κ3) is 2.76. The predicted molar refractivity (Wildman–Crippen MR) is 38.9 cm³/mol. The second-order valence-electron chi connectivity index (χ2n) is 2.46. The van der Waals surface area contributed by atoms with Crippen LogP contribution in [0.5, 0.6) is 0 Å². The summed E-state index contributed by atoms with van der Waals surface area (Å²) in [5, 5.41) is 3.51. The van der Waals surface area contributed by atoms with E-state index in [0.29, 0.717) is 19.6 Å². The van der Waals surface area contributed by atoms with Crippen molar-refractivity contribution in [3.05, 3.63) is 10.4 Å². The summed E-state index contributed by atoms with van der Waals surface area (Å²) >= 11 is 0. The molecule has 0 aliphatic carbocycles. The van der Waals surface area contributed by atoms with Crippen LogP contribution < -0.4 is 0 Å². The Labute approximate surface area is 64.9 Å². The Morgan fingerprint density at radius 3 is 2.82 bits per heavy atom. The maximum atomic E-state index is 8.09. The molecule has 1 aliphatic rings. The van der Waals surface area contributed by atoms with Crippen molar-refractivity contribution in [2.75, 3.05) is 13.2 Å². The topological polar surface area (TPSA) is 67.2 Å². The van der Waals surface area contributed by atoms with Gasteiger partial charge >= 0.3 is 0 Å². The van der Waals surface area contributed by atoms with Gasteiger partial charge in [0.2, 0.25) is 0 Å². The van der Waals surface area contributed by atoms with Crippen molar-refractivity contribution in [3.63, 3.8) is 0 Å². The van der Waals surface area contributed by atoms with Crippen molar-refractivity contribution in [2.24, 2.45) is 5.11 Å². The van der Waals surface area contributed by atoms with E-state index in [4.69, 9.17) is 15.0 Å². The Balaban J connectivity index is 2.23. The van der Waals surface area contributed by atoms with E-state index in [9.17, 15) is 0 Å². The number of hydrogen-bond donors (Lipinski definition) is 0. The third-order valence-electron chi connectivity index (χ3n) is 1.47. The molecule has 0 saturated carbocycles. The molecule has 1 atom stereocenters. The lowest BCUT2D eigenvalue weighted by atomic mass is 10.2. The Morgan fingerprint density at radius 1 is 1.64 bits per heavy atom. The zero-order valence-electron chi connectivity index (χ0n) is 6.43. The molecule has 1 rings (SSSR count). The second-order valence-corrected chi connectivity index (χ2v) is 2.46. The lowest BCUT2D eigenvalue weighted by molar-refractivity contribution is -0.0495. The van der Waals surface area contributed by atoms with E-state index in [1.54, 1.807) is 0 Å². The Kier molecular flexibility index (Phi) is 3.16. The van der Waals surface area contributed by atoms with E-state index in [0.717, 1.165) is 0 Å². The van der Waals surface area contributed by atoms with E-state index in [2.05, 4.69) is 10.0 Å². The van der Waals surface area contributed by atoms with Crippen LogP contribution in [0.2, 0.25) is 0 Å². The number of rotatable bonds is 3. The summed E-state index contributed by atoms with van der Waals surface area (Å²) in [4.78, 5) is 2.69. The van der Waals surface area contributed by atoms with Crippen LogP contribution in [0.25, 0.3) is 10.4 Å². The van der Waals surface area contributed by atoms with Gasteiger partial charge in [0.25, 0.3) is 0 Å². The van der Waals surface area contributed by atoms with Gasteiger partial charge < -0.3 is 9.47 Å². The van der Waals surface area contributed by atoms with Crippen molar-refractivity contribution >= 4 is 0 Å². The van der Waals surface area contributed by atoms with Gasteiger partial charge in [-0.15, -0.1) is 0 Å². The second kappa shape index (κ2) is 4.18. The normalized spacial score (nSPS) is 21.2. The first kappa shape index (κ1) is 8.33. The first-order chi connectivity index (χ1) is 5.33. The van der Waals surface area contributed by atoms with Crippen molar-refractivity contribution < 1.29 is 9.47 Å².